The summed E-state index contributed by atoms with van der Waals surface area (Å²) in [5.41, 5.74) is 2.40. The van der Waals surface area contributed by atoms with Gasteiger partial charge in [-0.1, -0.05) is 28.9 Å². The van der Waals surface area contributed by atoms with E-state index in [1.165, 1.54) is 4.68 Å². The molecule has 0 unspecified atom stereocenters. The minimum atomic E-state index is -0.341. The van der Waals surface area contributed by atoms with Gasteiger partial charge in [0, 0.05) is 30.1 Å². The number of ether oxygens (including phenoxy) is 1. The summed E-state index contributed by atoms with van der Waals surface area (Å²) < 4.78 is 11.9. The van der Waals surface area contributed by atoms with Gasteiger partial charge in [0.15, 0.2) is 5.52 Å². The lowest BCUT2D eigenvalue weighted by molar-refractivity contribution is -0.121. The van der Waals surface area contributed by atoms with Gasteiger partial charge >= 0.3 is 0 Å². The molecule has 1 amide bonds. The van der Waals surface area contributed by atoms with Crippen LogP contribution >= 0.6 is 11.6 Å². The van der Waals surface area contributed by atoms with Crippen molar-refractivity contribution in [2.75, 3.05) is 13.7 Å². The Bertz CT molecular complexity index is 1340. The van der Waals surface area contributed by atoms with E-state index >= 15 is 0 Å². The molecule has 0 aliphatic heterocycles. The van der Waals surface area contributed by atoms with Crippen molar-refractivity contribution < 1.29 is 14.1 Å². The Labute approximate surface area is 201 Å². The molecule has 0 saturated carbocycles. The molecule has 0 spiro atoms. The summed E-state index contributed by atoms with van der Waals surface area (Å²) >= 11 is 5.89. The molecule has 2 aromatic heterocycles. The first-order valence-electron chi connectivity index (χ1n) is 11.0. The molecule has 0 saturated heterocycles. The normalized spacial score (nSPS) is 11.0. The summed E-state index contributed by atoms with van der Waals surface area (Å²) in [6.07, 6.45) is 1.46. The highest BCUT2D eigenvalue weighted by molar-refractivity contribution is 6.30. The second kappa shape index (κ2) is 10.5. The molecule has 1 N–H and O–H groups in total. The van der Waals surface area contributed by atoms with Crippen LogP contribution < -0.4 is 15.6 Å². The van der Waals surface area contributed by atoms with Gasteiger partial charge in [-0.25, -0.2) is 4.68 Å². The van der Waals surface area contributed by atoms with Gasteiger partial charge < -0.3 is 14.6 Å². The molecule has 0 aliphatic carbocycles. The maximum atomic E-state index is 12.9. The fourth-order valence-electron chi connectivity index (χ4n) is 3.71. The molecule has 34 heavy (non-hydrogen) atoms. The van der Waals surface area contributed by atoms with Crippen LogP contribution in [0.4, 0.5) is 0 Å². The Morgan fingerprint density at radius 1 is 1.15 bits per heavy atom. The minimum absolute atomic E-state index is 0.0734. The predicted molar refractivity (Wildman–Crippen MR) is 130 cm³/mol. The molecular formula is C25H25ClN4O4. The first-order chi connectivity index (χ1) is 16.5. The number of methoxy groups -OCH3 is 1. The fraction of sp³-hybridized carbons (Fsp3) is 0.280. The molecule has 0 fully saturated rings. The Balaban J connectivity index is 1.42. The van der Waals surface area contributed by atoms with Crippen molar-refractivity contribution in [1.29, 1.82) is 0 Å². The standard InChI is InChI=1S/C25H25ClN4O4/c1-16-22-23(18-7-11-20(33-2)12-8-18)28-30(25(32)24(22)29-34-16)15-3-4-21(31)27-14-13-17-5-9-19(26)10-6-17/h5-12H,3-4,13-15H2,1-2H3,(H,27,31). The third kappa shape index (κ3) is 5.28. The van der Waals surface area contributed by atoms with Gasteiger partial charge in [0.2, 0.25) is 5.91 Å². The molecule has 2 aromatic carbocycles. The van der Waals surface area contributed by atoms with Gasteiger partial charge in [-0.3, -0.25) is 9.59 Å². The van der Waals surface area contributed by atoms with Gasteiger partial charge in [0.25, 0.3) is 5.56 Å². The number of nitrogens with one attached hydrogen (secondary N) is 1. The fourth-order valence-corrected chi connectivity index (χ4v) is 3.84. The van der Waals surface area contributed by atoms with Crippen molar-refractivity contribution >= 4 is 28.4 Å². The molecule has 2 heterocycles. The first-order valence-corrected chi connectivity index (χ1v) is 11.4. The third-order valence-electron chi connectivity index (χ3n) is 5.54. The monoisotopic (exact) mass is 480 g/mol. The van der Waals surface area contributed by atoms with E-state index in [1.54, 1.807) is 14.0 Å². The molecule has 176 valence electrons. The summed E-state index contributed by atoms with van der Waals surface area (Å²) in [6.45, 7) is 2.57. The summed E-state index contributed by atoms with van der Waals surface area (Å²) in [5, 5.41) is 12.7. The number of fused-ring (bicyclic) bond motifs is 1. The quantitative estimate of drug-likeness (QED) is 0.386. The van der Waals surface area contributed by atoms with E-state index in [2.05, 4.69) is 15.6 Å². The number of nitrogens with zero attached hydrogens (tertiary/aromatic N) is 3. The van der Waals surface area contributed by atoms with E-state index in [0.29, 0.717) is 34.8 Å². The van der Waals surface area contributed by atoms with Gasteiger partial charge in [-0.2, -0.15) is 5.10 Å². The van der Waals surface area contributed by atoms with Gasteiger partial charge in [0.05, 0.1) is 12.5 Å². The lowest BCUT2D eigenvalue weighted by atomic mass is 10.1. The summed E-state index contributed by atoms with van der Waals surface area (Å²) in [5.74, 6) is 1.17. The molecular weight excluding hydrogens is 456 g/mol. The van der Waals surface area contributed by atoms with Crippen LogP contribution in [0.1, 0.15) is 24.2 Å². The molecule has 0 aliphatic rings. The second-order valence-corrected chi connectivity index (χ2v) is 8.33. The number of carbonyl (C=O) groups is 1. The average Bonchev–Trinajstić information content (AvgIpc) is 3.24. The summed E-state index contributed by atoms with van der Waals surface area (Å²) in [7, 11) is 1.60. The number of aryl methyl sites for hydroxylation is 2. The summed E-state index contributed by atoms with van der Waals surface area (Å²) in [4.78, 5) is 25.2. The van der Waals surface area contributed by atoms with E-state index in [4.69, 9.17) is 20.9 Å². The number of halogens is 1. The highest BCUT2D eigenvalue weighted by atomic mass is 35.5. The summed E-state index contributed by atoms with van der Waals surface area (Å²) in [6, 6.07) is 14.9. The van der Waals surface area contributed by atoms with Crippen LogP contribution in [0.25, 0.3) is 22.2 Å². The smallest absolute Gasteiger partial charge is 0.296 e. The second-order valence-electron chi connectivity index (χ2n) is 7.90. The Morgan fingerprint density at radius 2 is 1.88 bits per heavy atom. The van der Waals surface area contributed by atoms with Crippen molar-refractivity contribution in [3.05, 3.63) is 75.2 Å². The zero-order chi connectivity index (χ0) is 24.1. The van der Waals surface area contributed by atoms with Crippen LogP contribution in [0.3, 0.4) is 0 Å². The molecule has 4 rings (SSSR count). The first kappa shape index (κ1) is 23.5. The van der Waals surface area contributed by atoms with Crippen molar-refractivity contribution in [2.45, 2.75) is 32.7 Å². The van der Waals surface area contributed by atoms with Gasteiger partial charge in [-0.15, -0.1) is 0 Å². The SMILES string of the molecule is COc1ccc(-c2nn(CCCC(=O)NCCc3ccc(Cl)cc3)c(=O)c3noc(C)c23)cc1. The Kier molecular flexibility index (Phi) is 7.27. The number of hydrogen-bond acceptors (Lipinski definition) is 6. The van der Waals surface area contributed by atoms with Gasteiger partial charge in [0.1, 0.15) is 17.2 Å². The van der Waals surface area contributed by atoms with E-state index in [-0.39, 0.29) is 29.9 Å². The number of carbonyl (C=O) groups excluding carboxylic acids is 1. The number of rotatable bonds is 9. The van der Waals surface area contributed by atoms with Gasteiger partial charge in [-0.05, 0) is 61.7 Å². The molecule has 9 heteroatoms. The number of aromatic nitrogens is 3. The number of amides is 1. The van der Waals surface area contributed by atoms with Crippen molar-refractivity contribution in [3.8, 4) is 17.0 Å². The van der Waals surface area contributed by atoms with Crippen LogP contribution in [-0.4, -0.2) is 34.5 Å². The molecule has 8 nitrogen and oxygen atoms in total. The number of benzene rings is 2. The lowest BCUT2D eigenvalue weighted by Gasteiger charge is -2.10. The van der Waals surface area contributed by atoms with Crippen LogP contribution in [-0.2, 0) is 17.8 Å². The van der Waals surface area contributed by atoms with Crippen LogP contribution in [0.5, 0.6) is 5.75 Å². The maximum Gasteiger partial charge on any atom is 0.296 e. The zero-order valence-corrected chi connectivity index (χ0v) is 19.8. The van der Waals surface area contributed by atoms with Crippen molar-refractivity contribution in [1.82, 2.24) is 20.3 Å². The molecule has 0 atom stereocenters. The van der Waals surface area contributed by atoms with E-state index in [1.807, 2.05) is 48.5 Å². The Morgan fingerprint density at radius 3 is 2.59 bits per heavy atom. The van der Waals surface area contributed by atoms with Crippen LogP contribution in [0, 0.1) is 6.92 Å². The highest BCUT2D eigenvalue weighted by Crippen LogP contribution is 2.28. The van der Waals surface area contributed by atoms with E-state index in [0.717, 1.165) is 23.3 Å². The number of hydrogen-bond donors (Lipinski definition) is 1. The van der Waals surface area contributed by atoms with Crippen molar-refractivity contribution in [3.63, 3.8) is 0 Å². The average molecular weight is 481 g/mol. The molecule has 0 radical (unpaired) electrons. The highest BCUT2D eigenvalue weighted by Gasteiger charge is 2.19. The van der Waals surface area contributed by atoms with Crippen molar-refractivity contribution in [2.24, 2.45) is 0 Å². The Hall–Kier alpha value is -3.65. The largest absolute Gasteiger partial charge is 0.497 e. The minimum Gasteiger partial charge on any atom is -0.497 e. The van der Waals surface area contributed by atoms with E-state index in [9.17, 15) is 9.59 Å². The van der Waals surface area contributed by atoms with Crippen LogP contribution in [0.2, 0.25) is 5.02 Å². The third-order valence-corrected chi connectivity index (χ3v) is 5.80. The lowest BCUT2D eigenvalue weighted by Crippen LogP contribution is -2.27. The topological polar surface area (TPSA) is 99.2 Å². The van der Waals surface area contributed by atoms with E-state index < -0.39 is 0 Å². The zero-order valence-electron chi connectivity index (χ0n) is 19.0. The van der Waals surface area contributed by atoms with Crippen LogP contribution in [0.15, 0.2) is 57.8 Å². The molecule has 4 aromatic rings. The maximum absolute atomic E-state index is 12.9. The molecule has 0 bridgehead atoms. The predicted octanol–water partition coefficient (Wildman–Crippen LogP) is 4.16.